The number of carbonyl (C=O) groups is 1. The third-order valence-electron chi connectivity index (χ3n) is 3.16. The summed E-state index contributed by atoms with van der Waals surface area (Å²) in [6.07, 6.45) is 0. The van der Waals surface area contributed by atoms with E-state index in [0.29, 0.717) is 11.3 Å². The van der Waals surface area contributed by atoms with Crippen LogP contribution < -0.4 is 10.2 Å². The molecule has 4 nitrogen and oxygen atoms in total. The monoisotopic (exact) mass is 215 g/mol. The molecule has 0 radical (unpaired) electrons. The van der Waals surface area contributed by atoms with E-state index < -0.39 is 5.54 Å². The Labute approximate surface area is 94.5 Å². The summed E-state index contributed by atoms with van der Waals surface area (Å²) in [6.45, 7) is 3.70. The molecule has 0 bridgehead atoms. The van der Waals surface area contributed by atoms with Crippen molar-refractivity contribution in [3.8, 4) is 6.07 Å². The summed E-state index contributed by atoms with van der Waals surface area (Å²) in [5.74, 6) is -0.0924. The predicted octanol–water partition coefficient (Wildman–Crippen LogP) is 1.73. The second-order valence-corrected chi connectivity index (χ2v) is 4.38. The number of para-hydroxylation sites is 1. The van der Waals surface area contributed by atoms with Crippen LogP contribution in [-0.2, 0) is 4.79 Å². The fourth-order valence-corrected chi connectivity index (χ4v) is 1.76. The highest BCUT2D eigenvalue weighted by atomic mass is 16.2. The van der Waals surface area contributed by atoms with Crippen LogP contribution in [0.15, 0.2) is 18.2 Å². The highest BCUT2D eigenvalue weighted by molar-refractivity contribution is 6.07. The van der Waals surface area contributed by atoms with Gasteiger partial charge in [0.05, 0.1) is 16.9 Å². The Morgan fingerprint density at radius 2 is 2.12 bits per heavy atom. The Bertz CT molecular complexity index is 499. The van der Waals surface area contributed by atoms with Gasteiger partial charge in [-0.3, -0.25) is 4.79 Å². The molecule has 1 aliphatic rings. The SMILES string of the molecule is CN1c2cccc(C#N)c2NC(=O)C1(C)C. The summed E-state index contributed by atoms with van der Waals surface area (Å²) in [5, 5.41) is 11.8. The van der Waals surface area contributed by atoms with Gasteiger partial charge in [-0.1, -0.05) is 6.07 Å². The molecule has 1 aromatic rings. The van der Waals surface area contributed by atoms with Crippen LogP contribution in [0.1, 0.15) is 19.4 Å². The molecule has 82 valence electrons. The third-order valence-corrected chi connectivity index (χ3v) is 3.16. The Kier molecular flexibility index (Phi) is 2.13. The molecule has 1 N–H and O–H groups in total. The van der Waals surface area contributed by atoms with Crippen molar-refractivity contribution >= 4 is 17.3 Å². The molecule has 1 amide bonds. The summed E-state index contributed by atoms with van der Waals surface area (Å²) in [7, 11) is 1.86. The molecule has 1 aromatic carbocycles. The maximum absolute atomic E-state index is 11.9. The lowest BCUT2D eigenvalue weighted by Gasteiger charge is -2.41. The van der Waals surface area contributed by atoms with Crippen LogP contribution in [0, 0.1) is 11.3 Å². The average molecular weight is 215 g/mol. The summed E-state index contributed by atoms with van der Waals surface area (Å²) in [6, 6.07) is 7.50. The minimum Gasteiger partial charge on any atom is -0.359 e. The molecule has 0 atom stereocenters. The van der Waals surface area contributed by atoms with Crippen molar-refractivity contribution in [2.75, 3.05) is 17.3 Å². The van der Waals surface area contributed by atoms with Gasteiger partial charge in [0.2, 0.25) is 5.91 Å². The second kappa shape index (κ2) is 3.24. The smallest absolute Gasteiger partial charge is 0.249 e. The Hall–Kier alpha value is -2.02. The first-order valence-corrected chi connectivity index (χ1v) is 5.07. The van der Waals surface area contributed by atoms with Crippen LogP contribution in [0.2, 0.25) is 0 Å². The number of anilines is 2. The molecular weight excluding hydrogens is 202 g/mol. The first-order valence-electron chi connectivity index (χ1n) is 5.07. The molecule has 0 saturated carbocycles. The van der Waals surface area contributed by atoms with E-state index in [0.717, 1.165) is 5.69 Å². The van der Waals surface area contributed by atoms with Gasteiger partial charge in [-0.05, 0) is 26.0 Å². The zero-order chi connectivity index (χ0) is 11.9. The number of hydrogen-bond acceptors (Lipinski definition) is 3. The first-order chi connectivity index (χ1) is 7.48. The lowest BCUT2D eigenvalue weighted by atomic mass is 9.96. The molecule has 0 saturated heterocycles. The molecule has 0 aromatic heterocycles. The molecule has 0 unspecified atom stereocenters. The highest BCUT2D eigenvalue weighted by Crippen LogP contribution is 2.37. The van der Waals surface area contributed by atoms with E-state index in [-0.39, 0.29) is 5.91 Å². The van der Waals surface area contributed by atoms with Crippen molar-refractivity contribution in [2.24, 2.45) is 0 Å². The Balaban J connectivity index is 2.64. The van der Waals surface area contributed by atoms with Gasteiger partial charge in [0.15, 0.2) is 0 Å². The van der Waals surface area contributed by atoms with Crippen LogP contribution >= 0.6 is 0 Å². The zero-order valence-corrected chi connectivity index (χ0v) is 9.53. The van der Waals surface area contributed by atoms with E-state index in [1.54, 1.807) is 6.07 Å². The van der Waals surface area contributed by atoms with Gasteiger partial charge in [0.1, 0.15) is 11.6 Å². The van der Waals surface area contributed by atoms with E-state index in [4.69, 9.17) is 5.26 Å². The molecule has 2 rings (SSSR count). The molecule has 0 spiro atoms. The number of nitriles is 1. The van der Waals surface area contributed by atoms with E-state index in [1.807, 2.05) is 37.9 Å². The molecule has 0 aliphatic carbocycles. The normalized spacial score (nSPS) is 17.4. The van der Waals surface area contributed by atoms with Crippen molar-refractivity contribution in [3.63, 3.8) is 0 Å². The van der Waals surface area contributed by atoms with Gasteiger partial charge < -0.3 is 10.2 Å². The number of carbonyl (C=O) groups excluding carboxylic acids is 1. The minimum atomic E-state index is -0.596. The fourth-order valence-electron chi connectivity index (χ4n) is 1.76. The number of fused-ring (bicyclic) bond motifs is 1. The summed E-state index contributed by atoms with van der Waals surface area (Å²) in [4.78, 5) is 13.8. The summed E-state index contributed by atoms with van der Waals surface area (Å²) in [5.41, 5.74) is 1.38. The number of nitrogens with zero attached hydrogens (tertiary/aromatic N) is 2. The number of likely N-dealkylation sites (N-methyl/N-ethyl adjacent to an activating group) is 1. The maximum Gasteiger partial charge on any atom is 0.249 e. The van der Waals surface area contributed by atoms with Crippen molar-refractivity contribution < 1.29 is 4.79 Å². The Morgan fingerprint density at radius 3 is 2.75 bits per heavy atom. The standard InChI is InChI=1S/C12H13N3O/c1-12(2)11(16)14-10-8(7-13)5-4-6-9(10)15(12)3/h4-6H,1-3H3,(H,14,16). The van der Waals surface area contributed by atoms with Crippen LogP contribution in [0.5, 0.6) is 0 Å². The fraction of sp³-hybridized carbons (Fsp3) is 0.333. The molecular formula is C12H13N3O. The van der Waals surface area contributed by atoms with E-state index in [2.05, 4.69) is 11.4 Å². The van der Waals surface area contributed by atoms with Crippen molar-refractivity contribution in [1.82, 2.24) is 0 Å². The van der Waals surface area contributed by atoms with Crippen molar-refractivity contribution in [1.29, 1.82) is 5.26 Å². The minimum absolute atomic E-state index is 0.0924. The van der Waals surface area contributed by atoms with Crippen molar-refractivity contribution in [3.05, 3.63) is 23.8 Å². The quantitative estimate of drug-likeness (QED) is 0.717. The number of benzene rings is 1. The van der Waals surface area contributed by atoms with E-state index in [9.17, 15) is 4.79 Å². The molecule has 16 heavy (non-hydrogen) atoms. The highest BCUT2D eigenvalue weighted by Gasteiger charge is 2.38. The number of amides is 1. The van der Waals surface area contributed by atoms with Crippen molar-refractivity contribution in [2.45, 2.75) is 19.4 Å². The largest absolute Gasteiger partial charge is 0.359 e. The topological polar surface area (TPSA) is 56.1 Å². The van der Waals surface area contributed by atoms with Crippen LogP contribution in [0.3, 0.4) is 0 Å². The molecule has 1 heterocycles. The van der Waals surface area contributed by atoms with Gasteiger partial charge in [-0.25, -0.2) is 0 Å². The summed E-state index contributed by atoms with van der Waals surface area (Å²) >= 11 is 0. The first kappa shape index (κ1) is 10.5. The third kappa shape index (κ3) is 1.25. The number of nitrogens with one attached hydrogen (secondary N) is 1. The number of rotatable bonds is 0. The van der Waals surface area contributed by atoms with E-state index in [1.165, 1.54) is 0 Å². The maximum atomic E-state index is 11.9. The van der Waals surface area contributed by atoms with Gasteiger partial charge in [-0.2, -0.15) is 5.26 Å². The summed E-state index contributed by atoms with van der Waals surface area (Å²) < 4.78 is 0. The van der Waals surface area contributed by atoms with Gasteiger partial charge in [0, 0.05) is 7.05 Å². The molecule has 0 fully saturated rings. The zero-order valence-electron chi connectivity index (χ0n) is 9.53. The van der Waals surface area contributed by atoms with Crippen LogP contribution in [0.25, 0.3) is 0 Å². The van der Waals surface area contributed by atoms with E-state index >= 15 is 0 Å². The van der Waals surface area contributed by atoms with Gasteiger partial charge in [0.25, 0.3) is 0 Å². The van der Waals surface area contributed by atoms with Crippen LogP contribution in [0.4, 0.5) is 11.4 Å². The molecule has 1 aliphatic heterocycles. The van der Waals surface area contributed by atoms with Gasteiger partial charge in [-0.15, -0.1) is 0 Å². The Morgan fingerprint density at radius 1 is 1.44 bits per heavy atom. The lowest BCUT2D eigenvalue weighted by molar-refractivity contribution is -0.120. The molecule has 4 heteroatoms. The lowest BCUT2D eigenvalue weighted by Crippen LogP contribution is -2.54. The van der Waals surface area contributed by atoms with Crippen LogP contribution in [-0.4, -0.2) is 18.5 Å². The average Bonchev–Trinajstić information content (AvgIpc) is 2.26. The second-order valence-electron chi connectivity index (χ2n) is 4.38. The predicted molar refractivity (Wildman–Crippen MR) is 62.3 cm³/mol. The van der Waals surface area contributed by atoms with Gasteiger partial charge >= 0.3 is 0 Å². The number of hydrogen-bond donors (Lipinski definition) is 1.